The fourth-order valence-corrected chi connectivity index (χ4v) is 2.55. The van der Waals surface area contributed by atoms with Gasteiger partial charge in [0.2, 0.25) is 0 Å². The molecule has 0 saturated carbocycles. The third-order valence-electron chi connectivity index (χ3n) is 3.58. The Labute approximate surface area is 115 Å². The van der Waals surface area contributed by atoms with Crippen molar-refractivity contribution in [3.05, 3.63) is 24.0 Å². The second kappa shape index (κ2) is 7.46. The lowest BCUT2D eigenvalue weighted by atomic mass is 9.96. The summed E-state index contributed by atoms with van der Waals surface area (Å²) in [5, 5.41) is 3.59. The molecule has 106 valence electrons. The molecule has 0 bridgehead atoms. The van der Waals surface area contributed by atoms with Gasteiger partial charge < -0.3 is 14.8 Å². The Balaban J connectivity index is 2.10. The number of hydrogen-bond donors (Lipinski definition) is 1. The summed E-state index contributed by atoms with van der Waals surface area (Å²) in [6.45, 7) is 4.94. The molecule has 1 aromatic heterocycles. The van der Waals surface area contributed by atoms with Crippen LogP contribution in [0.1, 0.15) is 37.9 Å². The Morgan fingerprint density at radius 3 is 3.16 bits per heavy atom. The molecule has 0 aromatic carbocycles. The van der Waals surface area contributed by atoms with E-state index in [0.29, 0.717) is 5.92 Å². The molecule has 1 aliphatic rings. The first kappa shape index (κ1) is 14.3. The highest BCUT2D eigenvalue weighted by Gasteiger charge is 2.24. The average molecular weight is 264 g/mol. The zero-order chi connectivity index (χ0) is 13.5. The predicted octanol–water partition coefficient (Wildman–Crippen LogP) is 2.56. The van der Waals surface area contributed by atoms with Gasteiger partial charge in [-0.1, -0.05) is 6.92 Å². The van der Waals surface area contributed by atoms with Crippen molar-refractivity contribution in [3.63, 3.8) is 0 Å². The van der Waals surface area contributed by atoms with Crippen LogP contribution in [0.25, 0.3) is 0 Å². The highest BCUT2D eigenvalue weighted by atomic mass is 16.5. The van der Waals surface area contributed by atoms with Gasteiger partial charge in [0.25, 0.3) is 0 Å². The van der Waals surface area contributed by atoms with Gasteiger partial charge in [-0.25, -0.2) is 0 Å². The third-order valence-corrected chi connectivity index (χ3v) is 3.58. The van der Waals surface area contributed by atoms with Crippen LogP contribution in [0.15, 0.2) is 18.3 Å². The van der Waals surface area contributed by atoms with Gasteiger partial charge in [0.15, 0.2) is 0 Å². The number of methoxy groups -OCH3 is 1. The van der Waals surface area contributed by atoms with Crippen LogP contribution < -0.4 is 10.1 Å². The molecule has 4 heteroatoms. The first-order chi connectivity index (χ1) is 9.35. The molecule has 1 aliphatic heterocycles. The van der Waals surface area contributed by atoms with E-state index in [1.54, 1.807) is 7.11 Å². The zero-order valence-electron chi connectivity index (χ0n) is 11.9. The van der Waals surface area contributed by atoms with E-state index in [2.05, 4.69) is 17.2 Å². The average Bonchev–Trinajstić information content (AvgIpc) is 2.96. The van der Waals surface area contributed by atoms with Gasteiger partial charge in [-0.2, -0.15) is 0 Å². The highest BCUT2D eigenvalue weighted by molar-refractivity contribution is 5.29. The minimum atomic E-state index is 0.253. The molecule has 2 rings (SSSR count). The van der Waals surface area contributed by atoms with E-state index in [9.17, 15) is 0 Å². The molecule has 0 radical (unpaired) electrons. The first-order valence-electron chi connectivity index (χ1n) is 7.15. The van der Waals surface area contributed by atoms with Crippen molar-refractivity contribution in [2.24, 2.45) is 5.92 Å². The predicted molar refractivity (Wildman–Crippen MR) is 75.4 cm³/mol. The van der Waals surface area contributed by atoms with E-state index in [1.807, 2.05) is 18.3 Å². The first-order valence-corrected chi connectivity index (χ1v) is 7.15. The minimum Gasteiger partial charge on any atom is -0.495 e. The second-order valence-electron chi connectivity index (χ2n) is 5.06. The van der Waals surface area contributed by atoms with Crippen molar-refractivity contribution in [2.45, 2.75) is 32.2 Å². The number of ether oxygens (including phenoxy) is 2. The molecule has 4 nitrogen and oxygen atoms in total. The second-order valence-corrected chi connectivity index (χ2v) is 5.06. The maximum Gasteiger partial charge on any atom is 0.141 e. The summed E-state index contributed by atoms with van der Waals surface area (Å²) in [5.41, 5.74) is 1.02. The maximum absolute atomic E-state index is 5.48. The molecule has 0 spiro atoms. The van der Waals surface area contributed by atoms with Gasteiger partial charge >= 0.3 is 0 Å². The van der Waals surface area contributed by atoms with Crippen LogP contribution >= 0.6 is 0 Å². The van der Waals surface area contributed by atoms with Gasteiger partial charge in [-0.3, -0.25) is 4.98 Å². The van der Waals surface area contributed by atoms with Crippen molar-refractivity contribution >= 4 is 0 Å². The van der Waals surface area contributed by atoms with Crippen LogP contribution in [0, 0.1) is 5.92 Å². The summed E-state index contributed by atoms with van der Waals surface area (Å²) in [5.74, 6) is 1.50. The lowest BCUT2D eigenvalue weighted by Gasteiger charge is -2.22. The quantitative estimate of drug-likeness (QED) is 0.822. The standard InChI is InChI=1S/C15H24N2O2/c1-3-7-16-13(10-12-6-9-19-11-12)15-14(18-2)5-4-8-17-15/h4-5,8,12-13,16H,3,6-7,9-11H2,1-2H3. The lowest BCUT2D eigenvalue weighted by molar-refractivity contribution is 0.181. The van der Waals surface area contributed by atoms with Crippen LogP contribution in [0.3, 0.4) is 0 Å². The van der Waals surface area contributed by atoms with E-state index in [4.69, 9.17) is 9.47 Å². The molecule has 0 aliphatic carbocycles. The Morgan fingerprint density at radius 1 is 1.58 bits per heavy atom. The van der Waals surface area contributed by atoms with E-state index in [0.717, 1.165) is 50.5 Å². The molecule has 0 amide bonds. The topological polar surface area (TPSA) is 43.4 Å². The molecule has 1 aromatic rings. The van der Waals surface area contributed by atoms with Crippen molar-refractivity contribution in [1.82, 2.24) is 10.3 Å². The zero-order valence-corrected chi connectivity index (χ0v) is 11.9. The number of pyridine rings is 1. The van der Waals surface area contributed by atoms with Crippen LogP contribution in [0.5, 0.6) is 5.75 Å². The number of nitrogens with zero attached hydrogens (tertiary/aromatic N) is 1. The summed E-state index contributed by atoms with van der Waals surface area (Å²) in [7, 11) is 1.70. The molecular formula is C15H24N2O2. The van der Waals surface area contributed by atoms with Gasteiger partial charge in [-0.15, -0.1) is 0 Å². The number of rotatable bonds is 7. The molecule has 1 saturated heterocycles. The van der Waals surface area contributed by atoms with Crippen molar-refractivity contribution in [3.8, 4) is 5.75 Å². The fraction of sp³-hybridized carbons (Fsp3) is 0.667. The molecule has 1 N–H and O–H groups in total. The largest absolute Gasteiger partial charge is 0.495 e. The van der Waals surface area contributed by atoms with Crippen LogP contribution in [0.2, 0.25) is 0 Å². The molecule has 19 heavy (non-hydrogen) atoms. The summed E-state index contributed by atoms with van der Waals surface area (Å²) >= 11 is 0. The van der Waals surface area contributed by atoms with Crippen LogP contribution in [-0.4, -0.2) is 31.9 Å². The highest BCUT2D eigenvalue weighted by Crippen LogP contribution is 2.30. The smallest absolute Gasteiger partial charge is 0.141 e. The Morgan fingerprint density at radius 2 is 2.47 bits per heavy atom. The Kier molecular flexibility index (Phi) is 5.61. The molecule has 2 unspecified atom stereocenters. The summed E-state index contributed by atoms with van der Waals surface area (Å²) in [4.78, 5) is 4.52. The number of nitrogens with one attached hydrogen (secondary N) is 1. The molecule has 2 atom stereocenters. The van der Waals surface area contributed by atoms with Gasteiger partial charge in [0.05, 0.1) is 18.8 Å². The van der Waals surface area contributed by atoms with Gasteiger partial charge in [0, 0.05) is 19.4 Å². The normalized spacial score (nSPS) is 20.4. The third kappa shape index (κ3) is 3.91. The SMILES string of the molecule is CCCNC(CC1CCOC1)c1ncccc1OC. The monoisotopic (exact) mass is 264 g/mol. The van der Waals surface area contributed by atoms with Crippen molar-refractivity contribution < 1.29 is 9.47 Å². The van der Waals surface area contributed by atoms with E-state index >= 15 is 0 Å². The summed E-state index contributed by atoms with van der Waals surface area (Å²) in [6.07, 6.45) is 5.17. The lowest BCUT2D eigenvalue weighted by Crippen LogP contribution is -2.26. The minimum absolute atomic E-state index is 0.253. The van der Waals surface area contributed by atoms with Gasteiger partial charge in [-0.05, 0) is 43.9 Å². The summed E-state index contributed by atoms with van der Waals surface area (Å²) < 4.78 is 10.9. The molecule has 1 fully saturated rings. The number of hydrogen-bond acceptors (Lipinski definition) is 4. The van der Waals surface area contributed by atoms with E-state index in [-0.39, 0.29) is 6.04 Å². The molecular weight excluding hydrogens is 240 g/mol. The van der Waals surface area contributed by atoms with Crippen molar-refractivity contribution in [2.75, 3.05) is 26.9 Å². The van der Waals surface area contributed by atoms with Gasteiger partial charge in [0.1, 0.15) is 5.75 Å². The molecule has 2 heterocycles. The van der Waals surface area contributed by atoms with Crippen LogP contribution in [-0.2, 0) is 4.74 Å². The van der Waals surface area contributed by atoms with E-state index < -0.39 is 0 Å². The fourth-order valence-electron chi connectivity index (χ4n) is 2.55. The Hall–Kier alpha value is -1.13. The van der Waals surface area contributed by atoms with Crippen molar-refractivity contribution in [1.29, 1.82) is 0 Å². The Bertz CT molecular complexity index is 378. The van der Waals surface area contributed by atoms with Crippen LogP contribution in [0.4, 0.5) is 0 Å². The maximum atomic E-state index is 5.48. The summed E-state index contributed by atoms with van der Waals surface area (Å²) in [6, 6.07) is 4.15. The van der Waals surface area contributed by atoms with E-state index in [1.165, 1.54) is 0 Å². The number of aromatic nitrogens is 1.